The van der Waals surface area contributed by atoms with Crippen LogP contribution in [-0.4, -0.2) is 4.98 Å². The minimum absolute atomic E-state index is 0.355. The fourth-order valence-electron chi connectivity index (χ4n) is 1.55. The van der Waals surface area contributed by atoms with Crippen molar-refractivity contribution in [3.63, 3.8) is 0 Å². The van der Waals surface area contributed by atoms with E-state index < -0.39 is 0 Å². The van der Waals surface area contributed by atoms with Gasteiger partial charge in [0, 0.05) is 22.3 Å². The second-order valence-electron chi connectivity index (χ2n) is 3.32. The Hall–Kier alpha value is -1.41. The van der Waals surface area contributed by atoms with Gasteiger partial charge in [-0.3, -0.25) is 4.98 Å². The molecule has 15 heavy (non-hydrogen) atoms. The molecule has 0 radical (unpaired) electrons. The monoisotopic (exact) mass is 221 g/mol. The number of nitrogens with zero attached hydrogens (tertiary/aromatic N) is 1. The standard InChI is InChI=1S/C12H9ClFN/c1-8-3-2-4-11(13)12(8)9-5-10(14)7-15-6-9/h2-7H,1H3. The van der Waals surface area contributed by atoms with Gasteiger partial charge in [-0.1, -0.05) is 23.7 Å². The van der Waals surface area contributed by atoms with Gasteiger partial charge in [-0.25, -0.2) is 4.39 Å². The number of halogens is 2. The number of aromatic nitrogens is 1. The molecule has 1 heterocycles. The molecule has 0 aliphatic carbocycles. The van der Waals surface area contributed by atoms with Crippen molar-refractivity contribution < 1.29 is 4.39 Å². The first-order valence-corrected chi connectivity index (χ1v) is 4.92. The van der Waals surface area contributed by atoms with Crippen molar-refractivity contribution in [3.8, 4) is 11.1 Å². The van der Waals surface area contributed by atoms with Crippen molar-refractivity contribution in [2.75, 3.05) is 0 Å². The van der Waals surface area contributed by atoms with Gasteiger partial charge in [0.2, 0.25) is 0 Å². The van der Waals surface area contributed by atoms with E-state index in [-0.39, 0.29) is 5.82 Å². The van der Waals surface area contributed by atoms with Crippen LogP contribution in [0, 0.1) is 12.7 Å². The third-order valence-electron chi connectivity index (χ3n) is 2.22. The molecule has 0 spiro atoms. The van der Waals surface area contributed by atoms with Crippen molar-refractivity contribution in [2.24, 2.45) is 0 Å². The summed E-state index contributed by atoms with van der Waals surface area (Å²) < 4.78 is 13.0. The van der Waals surface area contributed by atoms with Gasteiger partial charge >= 0.3 is 0 Å². The van der Waals surface area contributed by atoms with Gasteiger partial charge in [0.15, 0.2) is 0 Å². The normalized spacial score (nSPS) is 10.3. The van der Waals surface area contributed by atoms with E-state index in [4.69, 9.17) is 11.6 Å². The third kappa shape index (κ3) is 2.00. The van der Waals surface area contributed by atoms with Crippen molar-refractivity contribution >= 4 is 11.6 Å². The molecule has 0 saturated heterocycles. The number of rotatable bonds is 1. The van der Waals surface area contributed by atoms with Crippen LogP contribution in [0.3, 0.4) is 0 Å². The molecule has 0 atom stereocenters. The highest BCUT2D eigenvalue weighted by atomic mass is 35.5. The Balaban J connectivity index is 2.63. The number of pyridine rings is 1. The predicted molar refractivity (Wildman–Crippen MR) is 59.4 cm³/mol. The Bertz CT molecular complexity index is 476. The maximum atomic E-state index is 13.0. The van der Waals surface area contributed by atoms with Gasteiger partial charge in [-0.2, -0.15) is 0 Å². The van der Waals surface area contributed by atoms with Crippen LogP contribution >= 0.6 is 11.6 Å². The van der Waals surface area contributed by atoms with Crippen LogP contribution in [0.25, 0.3) is 11.1 Å². The lowest BCUT2D eigenvalue weighted by Gasteiger charge is -2.07. The van der Waals surface area contributed by atoms with E-state index >= 15 is 0 Å². The number of aryl methyl sites for hydroxylation is 1. The molecule has 1 nitrogen and oxygen atoms in total. The zero-order valence-corrected chi connectivity index (χ0v) is 8.92. The van der Waals surface area contributed by atoms with E-state index in [2.05, 4.69) is 4.98 Å². The van der Waals surface area contributed by atoms with E-state index in [0.29, 0.717) is 10.6 Å². The average Bonchev–Trinajstić information content (AvgIpc) is 2.17. The summed E-state index contributed by atoms with van der Waals surface area (Å²) in [5.41, 5.74) is 2.55. The highest BCUT2D eigenvalue weighted by molar-refractivity contribution is 6.33. The summed E-state index contributed by atoms with van der Waals surface area (Å²) in [7, 11) is 0. The molecule has 0 unspecified atom stereocenters. The zero-order chi connectivity index (χ0) is 10.8. The maximum Gasteiger partial charge on any atom is 0.142 e. The molecule has 0 saturated carbocycles. The topological polar surface area (TPSA) is 12.9 Å². The van der Waals surface area contributed by atoms with Gasteiger partial charge in [-0.05, 0) is 24.6 Å². The first-order valence-electron chi connectivity index (χ1n) is 4.54. The summed E-state index contributed by atoms with van der Waals surface area (Å²) in [5.74, 6) is -0.355. The minimum atomic E-state index is -0.355. The first kappa shape index (κ1) is 10.1. The molecule has 0 aliphatic heterocycles. The summed E-state index contributed by atoms with van der Waals surface area (Å²) >= 11 is 6.07. The Kier molecular flexibility index (Phi) is 2.69. The summed E-state index contributed by atoms with van der Waals surface area (Å²) in [6.45, 7) is 1.94. The molecular formula is C12H9ClFN. The van der Waals surface area contributed by atoms with Crippen LogP contribution < -0.4 is 0 Å². The molecule has 0 fully saturated rings. The number of benzene rings is 1. The van der Waals surface area contributed by atoms with E-state index in [1.807, 2.05) is 19.1 Å². The Labute approximate surface area is 92.5 Å². The molecule has 1 aromatic carbocycles. The van der Waals surface area contributed by atoms with Gasteiger partial charge in [0.1, 0.15) is 5.82 Å². The smallest absolute Gasteiger partial charge is 0.142 e. The SMILES string of the molecule is Cc1cccc(Cl)c1-c1cncc(F)c1. The molecule has 3 heteroatoms. The highest BCUT2D eigenvalue weighted by Gasteiger charge is 2.07. The lowest BCUT2D eigenvalue weighted by molar-refractivity contribution is 0.622. The quantitative estimate of drug-likeness (QED) is 0.713. The summed E-state index contributed by atoms with van der Waals surface area (Å²) in [6, 6.07) is 7.02. The molecule has 2 rings (SSSR count). The third-order valence-corrected chi connectivity index (χ3v) is 2.53. The predicted octanol–water partition coefficient (Wildman–Crippen LogP) is 3.85. The van der Waals surface area contributed by atoms with Gasteiger partial charge in [0.25, 0.3) is 0 Å². The van der Waals surface area contributed by atoms with Crippen LogP contribution in [0.15, 0.2) is 36.7 Å². The summed E-state index contributed by atoms with van der Waals surface area (Å²) in [6.07, 6.45) is 2.78. The fraction of sp³-hybridized carbons (Fsp3) is 0.0833. The molecule has 76 valence electrons. The Morgan fingerprint density at radius 2 is 2.07 bits per heavy atom. The van der Waals surface area contributed by atoms with Crippen molar-refractivity contribution in [3.05, 3.63) is 53.1 Å². The summed E-state index contributed by atoms with van der Waals surface area (Å²) in [5, 5.41) is 0.613. The van der Waals surface area contributed by atoms with Crippen molar-refractivity contribution in [1.29, 1.82) is 0 Å². The molecular weight excluding hydrogens is 213 g/mol. The van der Waals surface area contributed by atoms with Crippen LogP contribution in [0.4, 0.5) is 4.39 Å². The highest BCUT2D eigenvalue weighted by Crippen LogP contribution is 2.30. The van der Waals surface area contributed by atoms with Crippen LogP contribution in [0.2, 0.25) is 5.02 Å². The molecule has 0 amide bonds. The maximum absolute atomic E-state index is 13.0. The van der Waals surface area contributed by atoms with Crippen LogP contribution in [0.1, 0.15) is 5.56 Å². The molecule has 2 aromatic rings. The van der Waals surface area contributed by atoms with E-state index in [1.54, 1.807) is 12.3 Å². The van der Waals surface area contributed by atoms with Crippen molar-refractivity contribution in [2.45, 2.75) is 6.92 Å². The fourth-order valence-corrected chi connectivity index (χ4v) is 1.88. The largest absolute Gasteiger partial charge is 0.261 e. The van der Waals surface area contributed by atoms with E-state index in [1.165, 1.54) is 12.3 Å². The number of hydrogen-bond acceptors (Lipinski definition) is 1. The molecule has 1 aromatic heterocycles. The first-order chi connectivity index (χ1) is 7.18. The molecule has 0 aliphatic rings. The Morgan fingerprint density at radius 1 is 1.27 bits per heavy atom. The minimum Gasteiger partial charge on any atom is -0.261 e. The average molecular weight is 222 g/mol. The van der Waals surface area contributed by atoms with Crippen LogP contribution in [-0.2, 0) is 0 Å². The summed E-state index contributed by atoms with van der Waals surface area (Å²) in [4.78, 5) is 3.81. The second kappa shape index (κ2) is 3.99. The lowest BCUT2D eigenvalue weighted by Crippen LogP contribution is -1.87. The second-order valence-corrected chi connectivity index (χ2v) is 3.73. The molecule has 0 N–H and O–H groups in total. The van der Waals surface area contributed by atoms with Crippen molar-refractivity contribution in [1.82, 2.24) is 4.98 Å². The van der Waals surface area contributed by atoms with E-state index in [0.717, 1.165) is 11.1 Å². The van der Waals surface area contributed by atoms with Crippen LogP contribution in [0.5, 0.6) is 0 Å². The van der Waals surface area contributed by atoms with Gasteiger partial charge < -0.3 is 0 Å². The lowest BCUT2D eigenvalue weighted by atomic mass is 10.0. The molecule has 0 bridgehead atoms. The van der Waals surface area contributed by atoms with Gasteiger partial charge in [0.05, 0.1) is 6.20 Å². The van der Waals surface area contributed by atoms with Gasteiger partial charge in [-0.15, -0.1) is 0 Å². The zero-order valence-electron chi connectivity index (χ0n) is 8.17. The number of hydrogen-bond donors (Lipinski definition) is 0. The van der Waals surface area contributed by atoms with E-state index in [9.17, 15) is 4.39 Å². The Morgan fingerprint density at radius 3 is 2.73 bits per heavy atom.